The van der Waals surface area contributed by atoms with Crippen LogP contribution in [0.25, 0.3) is 0 Å². The van der Waals surface area contributed by atoms with E-state index in [4.69, 9.17) is 23.2 Å². The molecule has 2 amide bonds. The van der Waals surface area contributed by atoms with E-state index >= 15 is 0 Å². The summed E-state index contributed by atoms with van der Waals surface area (Å²) in [7, 11) is 0. The smallest absolute Gasteiger partial charge is 0.321 e. The number of urea groups is 1. The van der Waals surface area contributed by atoms with Gasteiger partial charge in [0, 0.05) is 43.1 Å². The molecule has 3 rings (SSSR count). The number of halogens is 2. The lowest BCUT2D eigenvalue weighted by atomic mass is 10.3. The average Bonchev–Trinajstić information content (AvgIpc) is 3.04. The molecule has 1 aromatic carbocycles. The van der Waals surface area contributed by atoms with Gasteiger partial charge in [0.1, 0.15) is 0 Å². The third-order valence-corrected chi connectivity index (χ3v) is 4.90. The van der Waals surface area contributed by atoms with Gasteiger partial charge in [0.25, 0.3) is 0 Å². The fraction of sp³-hybridized carbons (Fsp3) is 0.333. The Kier molecular flexibility index (Phi) is 5.38. The fourth-order valence-electron chi connectivity index (χ4n) is 2.44. The van der Waals surface area contributed by atoms with Crippen LogP contribution in [0.3, 0.4) is 0 Å². The average molecular weight is 371 g/mol. The Hall–Kier alpha value is -1.34. The van der Waals surface area contributed by atoms with Crippen LogP contribution in [0.4, 0.5) is 10.5 Å². The Bertz CT molecular complexity index is 672. The molecule has 8 heteroatoms. The molecule has 2 heterocycles. The number of anilines is 1. The summed E-state index contributed by atoms with van der Waals surface area (Å²) in [6, 6.07) is 4.87. The van der Waals surface area contributed by atoms with Crippen molar-refractivity contribution < 1.29 is 4.79 Å². The van der Waals surface area contributed by atoms with Gasteiger partial charge in [-0.1, -0.05) is 23.2 Å². The maximum atomic E-state index is 12.3. The first-order valence-electron chi connectivity index (χ1n) is 7.22. The van der Waals surface area contributed by atoms with E-state index in [0.717, 1.165) is 25.3 Å². The molecule has 122 valence electrons. The molecule has 1 aliphatic heterocycles. The molecule has 1 aliphatic rings. The highest BCUT2D eigenvalue weighted by Crippen LogP contribution is 2.25. The zero-order valence-electron chi connectivity index (χ0n) is 12.3. The van der Waals surface area contributed by atoms with Crippen LogP contribution in [-0.2, 0) is 6.54 Å². The van der Waals surface area contributed by atoms with Crippen LogP contribution in [0, 0.1) is 0 Å². The summed E-state index contributed by atoms with van der Waals surface area (Å²) in [5, 5.41) is 5.89. The number of hydrogen-bond donors (Lipinski definition) is 1. The number of nitrogens with one attached hydrogen (secondary N) is 1. The molecular formula is C15H16Cl2N4OS. The van der Waals surface area contributed by atoms with Crippen LogP contribution in [0.5, 0.6) is 0 Å². The molecule has 2 aromatic rings. The summed E-state index contributed by atoms with van der Waals surface area (Å²) in [6.07, 6.45) is 0. The maximum absolute atomic E-state index is 12.3. The Morgan fingerprint density at radius 1 is 1.26 bits per heavy atom. The number of aromatic nitrogens is 1. The van der Waals surface area contributed by atoms with Crippen LogP contribution >= 0.6 is 34.5 Å². The van der Waals surface area contributed by atoms with Gasteiger partial charge in [0.05, 0.1) is 21.9 Å². The number of piperazine rings is 1. The number of carbonyl (C=O) groups is 1. The first kappa shape index (κ1) is 16.5. The minimum atomic E-state index is -0.150. The Labute approximate surface area is 148 Å². The highest BCUT2D eigenvalue weighted by Gasteiger charge is 2.22. The van der Waals surface area contributed by atoms with Crippen molar-refractivity contribution in [3.8, 4) is 0 Å². The topological polar surface area (TPSA) is 48.5 Å². The number of benzene rings is 1. The van der Waals surface area contributed by atoms with Crippen LogP contribution in [-0.4, -0.2) is 47.0 Å². The molecule has 0 bridgehead atoms. The van der Waals surface area contributed by atoms with E-state index in [9.17, 15) is 4.79 Å². The van der Waals surface area contributed by atoms with Gasteiger partial charge in [-0.15, -0.1) is 11.3 Å². The lowest BCUT2D eigenvalue weighted by molar-refractivity contribution is 0.142. The first-order valence-corrected chi connectivity index (χ1v) is 8.92. The third kappa shape index (κ3) is 4.35. The van der Waals surface area contributed by atoms with Crippen molar-refractivity contribution in [2.45, 2.75) is 6.54 Å². The molecule has 1 N–H and O–H groups in total. The maximum Gasteiger partial charge on any atom is 0.321 e. The Morgan fingerprint density at radius 3 is 2.74 bits per heavy atom. The summed E-state index contributed by atoms with van der Waals surface area (Å²) in [5.74, 6) is 0. The van der Waals surface area contributed by atoms with Gasteiger partial charge >= 0.3 is 6.03 Å². The SMILES string of the molecule is O=C(Nc1cc(Cl)ccc1Cl)N1CCN(Cc2cscn2)CC1. The van der Waals surface area contributed by atoms with Crippen molar-refractivity contribution in [2.24, 2.45) is 0 Å². The molecule has 1 aromatic heterocycles. The zero-order chi connectivity index (χ0) is 16.2. The molecule has 1 fully saturated rings. The molecule has 0 unspecified atom stereocenters. The van der Waals surface area contributed by atoms with Crippen molar-refractivity contribution in [3.05, 3.63) is 44.8 Å². The van der Waals surface area contributed by atoms with Gasteiger partial charge in [-0.25, -0.2) is 9.78 Å². The fourth-order valence-corrected chi connectivity index (χ4v) is 3.33. The normalized spacial score (nSPS) is 15.7. The summed E-state index contributed by atoms with van der Waals surface area (Å²) >= 11 is 13.6. The van der Waals surface area contributed by atoms with Crippen molar-refractivity contribution in [1.82, 2.24) is 14.8 Å². The minimum Gasteiger partial charge on any atom is -0.322 e. The van der Waals surface area contributed by atoms with Gasteiger partial charge < -0.3 is 10.2 Å². The quantitative estimate of drug-likeness (QED) is 0.893. The summed E-state index contributed by atoms with van der Waals surface area (Å²) in [6.45, 7) is 3.84. The summed E-state index contributed by atoms with van der Waals surface area (Å²) in [5.41, 5.74) is 3.46. The number of hydrogen-bond acceptors (Lipinski definition) is 4. The van der Waals surface area contributed by atoms with Gasteiger partial charge in [-0.2, -0.15) is 0 Å². The molecule has 0 atom stereocenters. The highest BCUT2D eigenvalue weighted by molar-refractivity contribution is 7.07. The van der Waals surface area contributed by atoms with E-state index in [1.54, 1.807) is 34.4 Å². The number of nitrogens with zero attached hydrogens (tertiary/aromatic N) is 3. The molecule has 1 saturated heterocycles. The van der Waals surface area contributed by atoms with Gasteiger partial charge in [0.15, 0.2) is 0 Å². The Balaban J connectivity index is 1.53. The molecule has 0 radical (unpaired) electrons. The summed E-state index contributed by atoms with van der Waals surface area (Å²) in [4.78, 5) is 20.7. The van der Waals surface area contributed by atoms with E-state index in [1.165, 1.54) is 0 Å². The molecule has 0 spiro atoms. The number of carbonyl (C=O) groups excluding carboxylic acids is 1. The second kappa shape index (κ2) is 7.49. The molecular weight excluding hydrogens is 355 g/mol. The zero-order valence-corrected chi connectivity index (χ0v) is 14.7. The first-order chi connectivity index (χ1) is 11.1. The van der Waals surface area contributed by atoms with Crippen LogP contribution in [0.15, 0.2) is 29.1 Å². The van der Waals surface area contributed by atoms with Crippen LogP contribution in [0.1, 0.15) is 5.69 Å². The number of amides is 2. The van der Waals surface area contributed by atoms with Gasteiger partial charge in [-0.05, 0) is 18.2 Å². The molecule has 23 heavy (non-hydrogen) atoms. The van der Waals surface area contributed by atoms with Crippen molar-refractivity contribution in [3.63, 3.8) is 0 Å². The van der Waals surface area contributed by atoms with Crippen molar-refractivity contribution >= 4 is 46.3 Å². The summed E-state index contributed by atoms with van der Waals surface area (Å²) < 4.78 is 0. The highest BCUT2D eigenvalue weighted by atomic mass is 35.5. The van der Waals surface area contributed by atoms with Crippen molar-refractivity contribution in [2.75, 3.05) is 31.5 Å². The largest absolute Gasteiger partial charge is 0.322 e. The van der Waals surface area contributed by atoms with Gasteiger partial charge in [-0.3, -0.25) is 4.90 Å². The second-order valence-electron chi connectivity index (χ2n) is 5.30. The number of thiazole rings is 1. The molecule has 0 aliphatic carbocycles. The Morgan fingerprint density at radius 2 is 2.04 bits per heavy atom. The lowest BCUT2D eigenvalue weighted by Crippen LogP contribution is -2.49. The van der Waals surface area contributed by atoms with E-state index in [-0.39, 0.29) is 6.03 Å². The van der Waals surface area contributed by atoms with E-state index < -0.39 is 0 Å². The standard InChI is InChI=1S/C15H16Cl2N4OS/c16-11-1-2-13(17)14(7-11)19-15(22)21-5-3-20(4-6-21)8-12-9-23-10-18-12/h1-2,7,9-10H,3-6,8H2,(H,19,22). The second-order valence-corrected chi connectivity index (χ2v) is 6.86. The third-order valence-electron chi connectivity index (χ3n) is 3.70. The monoisotopic (exact) mass is 370 g/mol. The molecule has 0 saturated carbocycles. The van der Waals surface area contributed by atoms with Crippen LogP contribution < -0.4 is 5.32 Å². The number of rotatable bonds is 3. The predicted molar refractivity (Wildman–Crippen MR) is 94.4 cm³/mol. The predicted octanol–water partition coefficient (Wildman–Crippen LogP) is 3.80. The van der Waals surface area contributed by atoms with Gasteiger partial charge in [0.2, 0.25) is 0 Å². The van der Waals surface area contributed by atoms with Crippen molar-refractivity contribution in [1.29, 1.82) is 0 Å². The van der Waals surface area contributed by atoms with E-state index in [2.05, 4.69) is 20.6 Å². The molecule has 5 nitrogen and oxygen atoms in total. The van der Waals surface area contributed by atoms with E-state index in [1.807, 2.05) is 5.51 Å². The lowest BCUT2D eigenvalue weighted by Gasteiger charge is -2.34. The van der Waals surface area contributed by atoms with Crippen LogP contribution in [0.2, 0.25) is 10.0 Å². The minimum absolute atomic E-state index is 0.150. The van der Waals surface area contributed by atoms with E-state index in [0.29, 0.717) is 28.8 Å².